The van der Waals surface area contributed by atoms with Gasteiger partial charge < -0.3 is 5.11 Å². The van der Waals surface area contributed by atoms with Crippen molar-refractivity contribution in [1.82, 2.24) is 4.98 Å². The number of aromatic carboxylic acids is 1. The van der Waals surface area contributed by atoms with Gasteiger partial charge in [-0.15, -0.1) is 0 Å². The third kappa shape index (κ3) is 2.25. The minimum Gasteiger partial charge on any atom is -0.478 e. The molecule has 1 aromatic heterocycles. The van der Waals surface area contributed by atoms with Crippen molar-refractivity contribution >= 4 is 16.9 Å². The average molecular weight is 269 g/mol. The number of rotatable bonds is 2. The molecule has 19 heavy (non-hydrogen) atoms. The summed E-state index contributed by atoms with van der Waals surface area (Å²) < 4.78 is 39.2. The van der Waals surface area contributed by atoms with Crippen LogP contribution >= 0.6 is 0 Å². The van der Waals surface area contributed by atoms with Crippen LogP contribution in [-0.2, 0) is 12.6 Å². The third-order valence-electron chi connectivity index (χ3n) is 2.88. The van der Waals surface area contributed by atoms with Crippen LogP contribution in [0.1, 0.15) is 28.4 Å². The highest BCUT2D eigenvalue weighted by Crippen LogP contribution is 2.37. The monoisotopic (exact) mass is 269 g/mol. The summed E-state index contributed by atoms with van der Waals surface area (Å²) in [5.74, 6) is -1.64. The minimum atomic E-state index is -4.73. The number of halogens is 3. The van der Waals surface area contributed by atoms with E-state index in [4.69, 9.17) is 5.11 Å². The summed E-state index contributed by atoms with van der Waals surface area (Å²) in [6.45, 7) is 1.80. The van der Waals surface area contributed by atoms with Gasteiger partial charge in [0, 0.05) is 11.6 Å². The average Bonchev–Trinajstić information content (AvgIpc) is 2.35. The van der Waals surface area contributed by atoms with E-state index in [1.54, 1.807) is 13.0 Å². The van der Waals surface area contributed by atoms with Gasteiger partial charge in [0.25, 0.3) is 0 Å². The number of nitrogens with zero attached hydrogens (tertiary/aromatic N) is 1. The molecule has 6 heteroatoms. The van der Waals surface area contributed by atoms with Gasteiger partial charge in [0.2, 0.25) is 0 Å². The van der Waals surface area contributed by atoms with Gasteiger partial charge >= 0.3 is 12.1 Å². The van der Waals surface area contributed by atoms with Crippen LogP contribution in [0, 0.1) is 0 Å². The SMILES string of the molecule is CCc1cccc2c(C(F)(F)F)c(C(=O)O)cnc12. The van der Waals surface area contributed by atoms with E-state index in [9.17, 15) is 18.0 Å². The number of alkyl halides is 3. The Morgan fingerprint density at radius 3 is 2.58 bits per heavy atom. The largest absolute Gasteiger partial charge is 0.478 e. The Labute approximate surface area is 106 Å². The Balaban J connectivity index is 2.93. The fourth-order valence-corrected chi connectivity index (χ4v) is 2.04. The second-order valence-corrected chi connectivity index (χ2v) is 4.02. The topological polar surface area (TPSA) is 50.2 Å². The lowest BCUT2D eigenvalue weighted by atomic mass is 9.99. The normalized spacial score (nSPS) is 11.8. The maximum Gasteiger partial charge on any atom is 0.417 e. The zero-order chi connectivity index (χ0) is 14.2. The molecule has 0 spiro atoms. The molecule has 3 nitrogen and oxygen atoms in total. The van der Waals surface area contributed by atoms with Gasteiger partial charge in [-0.25, -0.2) is 4.79 Å². The van der Waals surface area contributed by atoms with Crippen molar-refractivity contribution in [1.29, 1.82) is 0 Å². The number of aromatic nitrogens is 1. The van der Waals surface area contributed by atoms with Crippen molar-refractivity contribution in [3.63, 3.8) is 0 Å². The Hall–Kier alpha value is -2.11. The molecule has 0 amide bonds. The Kier molecular flexibility index (Phi) is 3.18. The van der Waals surface area contributed by atoms with Crippen molar-refractivity contribution in [2.75, 3.05) is 0 Å². The first-order valence-electron chi connectivity index (χ1n) is 5.57. The molecule has 0 radical (unpaired) electrons. The Morgan fingerprint density at radius 2 is 2.05 bits per heavy atom. The number of benzene rings is 1. The second kappa shape index (κ2) is 4.53. The summed E-state index contributed by atoms with van der Waals surface area (Å²) in [6.07, 6.45) is -3.44. The van der Waals surface area contributed by atoms with E-state index in [-0.39, 0.29) is 10.9 Å². The molecule has 2 rings (SSSR count). The summed E-state index contributed by atoms with van der Waals surface area (Å²) >= 11 is 0. The van der Waals surface area contributed by atoms with Crippen molar-refractivity contribution in [2.45, 2.75) is 19.5 Å². The van der Waals surface area contributed by atoms with Gasteiger partial charge in [0.1, 0.15) is 0 Å². The lowest BCUT2D eigenvalue weighted by Crippen LogP contribution is -2.14. The van der Waals surface area contributed by atoms with Crippen LogP contribution in [0.4, 0.5) is 13.2 Å². The molecule has 0 saturated heterocycles. The van der Waals surface area contributed by atoms with Crippen molar-refractivity contribution < 1.29 is 23.1 Å². The quantitative estimate of drug-likeness (QED) is 0.907. The summed E-state index contributed by atoms with van der Waals surface area (Å²) in [6, 6.07) is 4.40. The predicted octanol–water partition coefficient (Wildman–Crippen LogP) is 3.51. The number of hydrogen-bond donors (Lipinski definition) is 1. The molecule has 1 aromatic carbocycles. The number of hydrogen-bond acceptors (Lipinski definition) is 2. The van der Waals surface area contributed by atoms with Crippen molar-refractivity contribution in [2.24, 2.45) is 0 Å². The van der Waals surface area contributed by atoms with E-state index in [0.29, 0.717) is 12.0 Å². The molecule has 0 aliphatic carbocycles. The molecule has 2 aromatic rings. The first-order chi connectivity index (χ1) is 8.86. The highest BCUT2D eigenvalue weighted by molar-refractivity contribution is 5.97. The number of carboxylic acids is 1. The number of aryl methyl sites for hydroxylation is 1. The highest BCUT2D eigenvalue weighted by atomic mass is 19.4. The fourth-order valence-electron chi connectivity index (χ4n) is 2.04. The van der Waals surface area contributed by atoms with Crippen LogP contribution in [0.2, 0.25) is 0 Å². The van der Waals surface area contributed by atoms with E-state index < -0.39 is 23.3 Å². The molecule has 0 unspecified atom stereocenters. The van der Waals surface area contributed by atoms with Crippen LogP contribution in [0.5, 0.6) is 0 Å². The third-order valence-corrected chi connectivity index (χ3v) is 2.88. The molecule has 0 aliphatic rings. The molecule has 0 aliphatic heterocycles. The van der Waals surface area contributed by atoms with Crippen molar-refractivity contribution in [3.8, 4) is 0 Å². The molecular weight excluding hydrogens is 259 g/mol. The summed E-state index contributed by atoms with van der Waals surface area (Å²) in [4.78, 5) is 14.8. The Bertz CT molecular complexity index is 650. The van der Waals surface area contributed by atoms with E-state index >= 15 is 0 Å². The lowest BCUT2D eigenvalue weighted by molar-refractivity contribution is -0.136. The van der Waals surface area contributed by atoms with Crippen LogP contribution in [0.15, 0.2) is 24.4 Å². The standard InChI is InChI=1S/C13H10F3NO2/c1-2-7-4-3-5-8-10(13(14,15)16)9(12(18)19)6-17-11(7)8/h3-6H,2H2,1H3,(H,18,19). The van der Waals surface area contributed by atoms with Gasteiger partial charge in [-0.2, -0.15) is 13.2 Å². The molecule has 1 N–H and O–H groups in total. The molecule has 0 saturated carbocycles. The van der Waals surface area contributed by atoms with Crippen LogP contribution < -0.4 is 0 Å². The second-order valence-electron chi connectivity index (χ2n) is 4.02. The van der Waals surface area contributed by atoms with Crippen LogP contribution in [0.25, 0.3) is 10.9 Å². The number of pyridine rings is 1. The van der Waals surface area contributed by atoms with Gasteiger partial charge in [-0.1, -0.05) is 25.1 Å². The fraction of sp³-hybridized carbons (Fsp3) is 0.231. The first kappa shape index (κ1) is 13.3. The predicted molar refractivity (Wildman–Crippen MR) is 63.1 cm³/mol. The molecule has 100 valence electrons. The van der Waals surface area contributed by atoms with E-state index in [1.807, 2.05) is 0 Å². The first-order valence-corrected chi connectivity index (χ1v) is 5.57. The number of para-hydroxylation sites is 1. The lowest BCUT2D eigenvalue weighted by Gasteiger charge is -2.14. The highest BCUT2D eigenvalue weighted by Gasteiger charge is 2.37. The van der Waals surface area contributed by atoms with Crippen LogP contribution in [0.3, 0.4) is 0 Å². The van der Waals surface area contributed by atoms with Gasteiger partial charge in [0.05, 0.1) is 16.6 Å². The van der Waals surface area contributed by atoms with Crippen molar-refractivity contribution in [3.05, 3.63) is 41.1 Å². The molecular formula is C13H10F3NO2. The molecule has 0 bridgehead atoms. The number of fused-ring (bicyclic) bond motifs is 1. The summed E-state index contributed by atoms with van der Waals surface area (Å²) in [5, 5.41) is 8.70. The van der Waals surface area contributed by atoms with Gasteiger partial charge in [-0.05, 0) is 12.0 Å². The van der Waals surface area contributed by atoms with E-state index in [2.05, 4.69) is 4.98 Å². The maximum atomic E-state index is 13.1. The summed E-state index contributed by atoms with van der Waals surface area (Å²) in [7, 11) is 0. The van der Waals surface area contributed by atoms with Gasteiger partial charge in [-0.3, -0.25) is 4.98 Å². The summed E-state index contributed by atoms with van der Waals surface area (Å²) in [5.41, 5.74) is -1.11. The Morgan fingerprint density at radius 1 is 1.37 bits per heavy atom. The zero-order valence-electron chi connectivity index (χ0n) is 9.95. The molecule has 1 heterocycles. The molecule has 0 fully saturated rings. The number of carbonyl (C=O) groups is 1. The van der Waals surface area contributed by atoms with Crippen LogP contribution in [-0.4, -0.2) is 16.1 Å². The molecule has 0 atom stereocenters. The number of carboxylic acid groups (broad SMARTS) is 1. The van der Waals surface area contributed by atoms with E-state index in [1.165, 1.54) is 12.1 Å². The maximum absolute atomic E-state index is 13.1. The van der Waals surface area contributed by atoms with E-state index in [0.717, 1.165) is 6.20 Å². The smallest absolute Gasteiger partial charge is 0.417 e. The van der Waals surface area contributed by atoms with Gasteiger partial charge in [0.15, 0.2) is 0 Å². The zero-order valence-corrected chi connectivity index (χ0v) is 9.95. The minimum absolute atomic E-state index is 0.174.